The van der Waals surface area contributed by atoms with Crippen molar-refractivity contribution < 1.29 is 32.1 Å². The molecule has 0 aliphatic heterocycles. The fourth-order valence-corrected chi connectivity index (χ4v) is 1.13. The summed E-state index contributed by atoms with van der Waals surface area (Å²) >= 11 is -1.50. The van der Waals surface area contributed by atoms with E-state index < -0.39 is 27.7 Å². The first-order valence-corrected chi connectivity index (χ1v) is 7.14. The Morgan fingerprint density at radius 1 is 1.20 bits per heavy atom. The average Bonchev–Trinajstić information content (AvgIpc) is 2.24. The van der Waals surface area contributed by atoms with E-state index in [1.54, 1.807) is 6.92 Å². The van der Waals surface area contributed by atoms with Gasteiger partial charge in [0, 0.05) is 0 Å². The molecule has 116 valence electrons. The standard InChI is InChI=1S/C12H22O5.Al.H2O.O/c1-8(2)16-12(17-9(3)4)7-15-10(5)6-11(13)14;;;/h6,8-9,12H,7H2,1-5H3,(H,13,14);;1H2;/q;+1;;/p-1. The van der Waals surface area contributed by atoms with Crippen molar-refractivity contribution in [3.05, 3.63) is 11.8 Å². The van der Waals surface area contributed by atoms with Gasteiger partial charge in [-0.2, -0.15) is 0 Å². The van der Waals surface area contributed by atoms with E-state index in [0.717, 1.165) is 6.08 Å². The van der Waals surface area contributed by atoms with Crippen molar-refractivity contribution in [1.82, 2.24) is 0 Å². The van der Waals surface area contributed by atoms with Crippen LogP contribution in [-0.2, 0) is 22.8 Å². The van der Waals surface area contributed by atoms with Crippen LogP contribution in [0, 0.1) is 0 Å². The Hall–Kier alpha value is -0.938. The number of aliphatic carboxylic acids is 1. The Labute approximate surface area is 125 Å². The SMILES string of the molecule is CC(=CC(=O)O)OCC(OC(C)C)OC(C)C.[O]=[Al][OH]. The van der Waals surface area contributed by atoms with Gasteiger partial charge in [0.15, 0.2) is 6.29 Å². The van der Waals surface area contributed by atoms with Gasteiger partial charge in [0.1, 0.15) is 12.4 Å². The number of carboxylic acids is 1. The molecule has 0 aromatic heterocycles. The van der Waals surface area contributed by atoms with Gasteiger partial charge in [-0.3, -0.25) is 0 Å². The molecule has 0 unspecified atom stereocenters. The fraction of sp³-hybridized carbons (Fsp3) is 0.750. The van der Waals surface area contributed by atoms with E-state index in [1.807, 2.05) is 27.7 Å². The molecule has 0 saturated heterocycles. The first-order valence-electron chi connectivity index (χ1n) is 6.15. The number of hydrogen-bond acceptors (Lipinski definition) is 5. The second-order valence-electron chi connectivity index (χ2n) is 4.31. The number of ether oxygens (including phenoxy) is 3. The van der Waals surface area contributed by atoms with E-state index in [9.17, 15) is 4.79 Å². The summed E-state index contributed by atoms with van der Waals surface area (Å²) < 4.78 is 31.9. The van der Waals surface area contributed by atoms with Crippen LogP contribution >= 0.6 is 0 Å². The summed E-state index contributed by atoms with van der Waals surface area (Å²) in [6.45, 7) is 9.35. The number of allylic oxidation sites excluding steroid dienone is 1. The molecule has 0 rings (SSSR count). The molecule has 0 bridgehead atoms. The molecule has 0 heterocycles. The predicted molar refractivity (Wildman–Crippen MR) is 72.2 cm³/mol. The van der Waals surface area contributed by atoms with Crippen LogP contribution in [0.15, 0.2) is 11.8 Å². The van der Waals surface area contributed by atoms with E-state index >= 15 is 0 Å². The minimum absolute atomic E-state index is 0.0195. The first-order chi connectivity index (χ1) is 9.22. The van der Waals surface area contributed by atoms with Crippen molar-refractivity contribution in [3.63, 3.8) is 0 Å². The third-order valence-corrected chi connectivity index (χ3v) is 1.62. The molecule has 0 aromatic carbocycles. The van der Waals surface area contributed by atoms with E-state index in [1.165, 1.54) is 0 Å². The number of rotatable bonds is 8. The van der Waals surface area contributed by atoms with Crippen LogP contribution in [-0.4, -0.2) is 55.8 Å². The summed E-state index contributed by atoms with van der Waals surface area (Å²) in [6.07, 6.45) is 0.548. The van der Waals surface area contributed by atoms with Crippen molar-refractivity contribution in [1.29, 1.82) is 0 Å². The molecule has 20 heavy (non-hydrogen) atoms. The first kappa shape index (κ1) is 21.4. The molecule has 8 heteroatoms. The second kappa shape index (κ2) is 13.1. The molecule has 7 nitrogen and oxygen atoms in total. The van der Waals surface area contributed by atoms with Crippen LogP contribution in [0.5, 0.6) is 0 Å². The van der Waals surface area contributed by atoms with E-state index in [-0.39, 0.29) is 18.8 Å². The van der Waals surface area contributed by atoms with Gasteiger partial charge in [0.05, 0.1) is 18.3 Å². The summed E-state index contributed by atoms with van der Waals surface area (Å²) in [5.41, 5.74) is 0. The Bertz CT molecular complexity index is 292. The van der Waals surface area contributed by atoms with Crippen molar-refractivity contribution in [2.45, 2.75) is 53.1 Å². The minimum atomic E-state index is -1.50. The molecule has 0 saturated carbocycles. The number of carboxylic acid groups (broad SMARTS) is 1. The molecule has 0 amide bonds. The Kier molecular flexibility index (Phi) is 14.0. The molecular formula is C12H23AlO7. The van der Waals surface area contributed by atoms with Crippen LogP contribution in [0.2, 0.25) is 0 Å². The third kappa shape index (κ3) is 17.1. The van der Waals surface area contributed by atoms with E-state index in [4.69, 9.17) is 27.3 Å². The number of carbonyl (C=O) groups is 1. The van der Waals surface area contributed by atoms with Crippen LogP contribution < -0.4 is 0 Å². The summed E-state index contributed by atoms with van der Waals surface area (Å²) in [5.74, 6) is -0.712. The van der Waals surface area contributed by atoms with Crippen LogP contribution in [0.1, 0.15) is 34.6 Å². The zero-order chi connectivity index (χ0) is 16.1. The van der Waals surface area contributed by atoms with Crippen LogP contribution in [0.25, 0.3) is 0 Å². The fourth-order valence-electron chi connectivity index (χ4n) is 1.13. The normalized spacial score (nSPS) is 11.1. The van der Waals surface area contributed by atoms with Gasteiger partial charge in [0.25, 0.3) is 0 Å². The van der Waals surface area contributed by atoms with Gasteiger partial charge in [-0.05, 0) is 34.6 Å². The van der Waals surface area contributed by atoms with Gasteiger partial charge in [0.2, 0.25) is 0 Å². The van der Waals surface area contributed by atoms with Gasteiger partial charge >= 0.3 is 29.4 Å². The number of hydrogen-bond donors (Lipinski definition) is 2. The van der Waals surface area contributed by atoms with Crippen molar-refractivity contribution >= 4 is 21.5 Å². The monoisotopic (exact) mass is 306 g/mol. The van der Waals surface area contributed by atoms with Gasteiger partial charge in [-0.1, -0.05) is 0 Å². The summed E-state index contributed by atoms with van der Waals surface area (Å²) in [4.78, 5) is 10.4. The molecule has 0 aliphatic carbocycles. The van der Waals surface area contributed by atoms with E-state index in [2.05, 4.69) is 0 Å². The Balaban J connectivity index is 0. The topological polar surface area (TPSA) is 102 Å². The van der Waals surface area contributed by atoms with Gasteiger partial charge in [-0.15, -0.1) is 0 Å². The maximum absolute atomic E-state index is 10.4. The summed E-state index contributed by atoms with van der Waals surface area (Å²) in [6, 6.07) is 0. The molecular weight excluding hydrogens is 283 g/mol. The summed E-state index contributed by atoms with van der Waals surface area (Å²) in [7, 11) is 0. The van der Waals surface area contributed by atoms with Crippen molar-refractivity contribution in [3.8, 4) is 0 Å². The molecule has 0 aliphatic rings. The van der Waals surface area contributed by atoms with Crippen molar-refractivity contribution in [2.75, 3.05) is 6.61 Å². The molecule has 0 radical (unpaired) electrons. The maximum atomic E-state index is 10.4. The van der Waals surface area contributed by atoms with Crippen LogP contribution in [0.4, 0.5) is 0 Å². The zero-order valence-corrected chi connectivity index (χ0v) is 13.7. The summed E-state index contributed by atoms with van der Waals surface area (Å²) in [5, 5.41) is 8.52. The second-order valence-corrected chi connectivity index (χ2v) is 4.52. The van der Waals surface area contributed by atoms with Crippen LogP contribution in [0.3, 0.4) is 0 Å². The predicted octanol–water partition coefficient (Wildman–Crippen LogP) is 1.11. The Morgan fingerprint density at radius 3 is 1.90 bits per heavy atom. The molecule has 0 fully saturated rings. The third-order valence-electron chi connectivity index (χ3n) is 1.62. The quantitative estimate of drug-likeness (QED) is 0.300. The van der Waals surface area contributed by atoms with Gasteiger partial charge < -0.3 is 19.3 Å². The molecule has 0 spiro atoms. The van der Waals surface area contributed by atoms with E-state index in [0.29, 0.717) is 5.76 Å². The molecule has 0 atom stereocenters. The zero-order valence-electron chi connectivity index (χ0n) is 12.5. The van der Waals surface area contributed by atoms with Gasteiger partial charge in [-0.25, -0.2) is 4.79 Å². The average molecular weight is 306 g/mol. The van der Waals surface area contributed by atoms with Crippen molar-refractivity contribution in [2.24, 2.45) is 0 Å². The Morgan fingerprint density at radius 2 is 1.60 bits per heavy atom. The molecule has 2 N–H and O–H groups in total. The molecule has 0 aromatic rings.